The third-order valence-electron chi connectivity index (χ3n) is 5.26. The summed E-state index contributed by atoms with van der Waals surface area (Å²) in [6.07, 6.45) is 0.573. The summed E-state index contributed by atoms with van der Waals surface area (Å²) in [6, 6.07) is 11.7. The lowest BCUT2D eigenvalue weighted by atomic mass is 10.1. The van der Waals surface area contributed by atoms with Gasteiger partial charge in [0.25, 0.3) is 0 Å². The fourth-order valence-electron chi connectivity index (χ4n) is 3.70. The molecule has 0 atom stereocenters. The molecule has 1 amide bonds. The number of aromatic nitrogens is 2. The lowest BCUT2D eigenvalue weighted by Gasteiger charge is -2.36. The molecular formula is C23H24ClFN4O. The molecule has 2 heterocycles. The molecule has 3 aromatic rings. The lowest BCUT2D eigenvalue weighted by Crippen LogP contribution is -2.49. The predicted octanol–water partition coefficient (Wildman–Crippen LogP) is 4.78. The number of amides is 1. The highest BCUT2D eigenvalue weighted by atomic mass is 35.5. The maximum Gasteiger partial charge on any atom is 0.222 e. The van der Waals surface area contributed by atoms with Gasteiger partial charge in [0, 0.05) is 48.6 Å². The number of anilines is 1. The smallest absolute Gasteiger partial charge is 0.222 e. The van der Waals surface area contributed by atoms with Crippen molar-refractivity contribution in [2.75, 3.05) is 31.1 Å². The second-order valence-corrected chi connectivity index (χ2v) is 8.44. The zero-order chi connectivity index (χ0) is 21.3. The van der Waals surface area contributed by atoms with Crippen molar-refractivity contribution < 1.29 is 9.18 Å². The fraction of sp³-hybridized carbons (Fsp3) is 0.348. The summed E-state index contributed by atoms with van der Waals surface area (Å²) < 4.78 is 13.4. The molecule has 5 nitrogen and oxygen atoms in total. The molecule has 4 rings (SSSR count). The molecular weight excluding hydrogens is 403 g/mol. The molecule has 7 heteroatoms. The van der Waals surface area contributed by atoms with Crippen LogP contribution in [0.4, 0.5) is 10.2 Å². The molecule has 1 aliphatic rings. The van der Waals surface area contributed by atoms with Crippen molar-refractivity contribution in [2.24, 2.45) is 5.92 Å². The van der Waals surface area contributed by atoms with Crippen molar-refractivity contribution in [3.8, 4) is 11.4 Å². The van der Waals surface area contributed by atoms with Gasteiger partial charge in [-0.25, -0.2) is 14.4 Å². The van der Waals surface area contributed by atoms with Gasteiger partial charge in [-0.3, -0.25) is 4.79 Å². The van der Waals surface area contributed by atoms with Crippen LogP contribution in [-0.2, 0) is 4.79 Å². The van der Waals surface area contributed by atoms with Crippen molar-refractivity contribution in [1.29, 1.82) is 0 Å². The summed E-state index contributed by atoms with van der Waals surface area (Å²) in [7, 11) is 0. The Labute approximate surface area is 180 Å². The first-order chi connectivity index (χ1) is 14.4. The first-order valence-corrected chi connectivity index (χ1v) is 10.5. The van der Waals surface area contributed by atoms with Crippen LogP contribution in [0.5, 0.6) is 0 Å². The van der Waals surface area contributed by atoms with Gasteiger partial charge in [-0.15, -0.1) is 0 Å². The molecule has 1 saturated heterocycles. The summed E-state index contributed by atoms with van der Waals surface area (Å²) in [5, 5.41) is 1.51. The van der Waals surface area contributed by atoms with E-state index < -0.39 is 0 Å². The molecule has 0 N–H and O–H groups in total. The molecule has 1 aliphatic heterocycles. The van der Waals surface area contributed by atoms with E-state index in [1.807, 2.05) is 23.1 Å². The monoisotopic (exact) mass is 426 g/mol. The molecule has 0 radical (unpaired) electrons. The Kier molecular flexibility index (Phi) is 5.86. The van der Waals surface area contributed by atoms with Gasteiger partial charge in [0.05, 0.1) is 5.52 Å². The van der Waals surface area contributed by atoms with E-state index >= 15 is 0 Å². The topological polar surface area (TPSA) is 49.3 Å². The summed E-state index contributed by atoms with van der Waals surface area (Å²) in [6.45, 7) is 6.84. The number of halogens is 2. The van der Waals surface area contributed by atoms with E-state index in [0.717, 1.165) is 22.3 Å². The SMILES string of the molecule is CC(C)CC(=O)N1CCN(c2nc(-c3ccc(F)cc3)nc3cc(Cl)ccc23)CC1. The first-order valence-electron chi connectivity index (χ1n) is 10.2. The van der Waals surface area contributed by atoms with Crippen LogP contribution in [0, 0.1) is 11.7 Å². The Bertz CT molecular complexity index is 1060. The number of nitrogens with zero attached hydrogens (tertiary/aromatic N) is 4. The third kappa shape index (κ3) is 4.38. The van der Waals surface area contributed by atoms with E-state index in [2.05, 4.69) is 23.7 Å². The van der Waals surface area contributed by atoms with E-state index in [1.165, 1.54) is 12.1 Å². The molecule has 0 unspecified atom stereocenters. The number of rotatable bonds is 4. The maximum absolute atomic E-state index is 13.4. The maximum atomic E-state index is 13.4. The molecule has 2 aromatic carbocycles. The minimum atomic E-state index is -0.301. The highest BCUT2D eigenvalue weighted by molar-refractivity contribution is 6.31. The van der Waals surface area contributed by atoms with E-state index in [9.17, 15) is 9.18 Å². The lowest BCUT2D eigenvalue weighted by molar-refractivity contribution is -0.132. The van der Waals surface area contributed by atoms with Gasteiger partial charge < -0.3 is 9.80 Å². The largest absolute Gasteiger partial charge is 0.352 e. The molecule has 30 heavy (non-hydrogen) atoms. The van der Waals surface area contributed by atoms with Crippen LogP contribution in [0.2, 0.25) is 5.02 Å². The fourth-order valence-corrected chi connectivity index (χ4v) is 3.87. The van der Waals surface area contributed by atoms with Crippen LogP contribution in [0.15, 0.2) is 42.5 Å². The number of hydrogen-bond donors (Lipinski definition) is 0. The molecule has 0 saturated carbocycles. The van der Waals surface area contributed by atoms with Gasteiger partial charge in [-0.2, -0.15) is 0 Å². The minimum Gasteiger partial charge on any atom is -0.352 e. The number of piperazine rings is 1. The minimum absolute atomic E-state index is 0.205. The second kappa shape index (κ2) is 8.56. The number of hydrogen-bond acceptors (Lipinski definition) is 4. The van der Waals surface area contributed by atoms with Gasteiger partial charge in [-0.05, 0) is 48.4 Å². The summed E-state index contributed by atoms with van der Waals surface area (Å²) in [4.78, 5) is 26.0. The highest BCUT2D eigenvalue weighted by Gasteiger charge is 2.24. The Morgan fingerprint density at radius 2 is 1.77 bits per heavy atom. The molecule has 156 valence electrons. The summed E-state index contributed by atoms with van der Waals surface area (Å²) in [5.74, 6) is 1.59. The van der Waals surface area contributed by atoms with Crippen LogP contribution in [0.1, 0.15) is 20.3 Å². The summed E-state index contributed by atoms with van der Waals surface area (Å²) >= 11 is 6.20. The average Bonchev–Trinajstić information content (AvgIpc) is 2.73. The number of fused-ring (bicyclic) bond motifs is 1. The van der Waals surface area contributed by atoms with Crippen LogP contribution in [0.3, 0.4) is 0 Å². The number of carbonyl (C=O) groups is 1. The van der Waals surface area contributed by atoms with Gasteiger partial charge in [0.1, 0.15) is 11.6 Å². The van der Waals surface area contributed by atoms with E-state index in [0.29, 0.717) is 49.4 Å². The van der Waals surface area contributed by atoms with Gasteiger partial charge in [0.2, 0.25) is 5.91 Å². The molecule has 0 aliphatic carbocycles. The first kappa shape index (κ1) is 20.5. The van der Waals surface area contributed by atoms with E-state index in [-0.39, 0.29) is 11.7 Å². The standard InChI is InChI=1S/C23H24ClFN4O/c1-15(2)13-21(30)28-9-11-29(12-10-28)23-19-8-5-17(24)14-20(19)26-22(27-23)16-3-6-18(25)7-4-16/h3-8,14-15H,9-13H2,1-2H3. The van der Waals surface area contributed by atoms with Crippen molar-refractivity contribution >= 4 is 34.2 Å². The van der Waals surface area contributed by atoms with E-state index in [4.69, 9.17) is 16.6 Å². The van der Waals surface area contributed by atoms with Crippen molar-refractivity contribution in [3.05, 3.63) is 53.3 Å². The predicted molar refractivity (Wildman–Crippen MR) is 118 cm³/mol. The Hall–Kier alpha value is -2.73. The van der Waals surface area contributed by atoms with Crippen LogP contribution >= 0.6 is 11.6 Å². The van der Waals surface area contributed by atoms with Gasteiger partial charge >= 0.3 is 0 Å². The van der Waals surface area contributed by atoms with Gasteiger partial charge in [0.15, 0.2) is 5.82 Å². The molecule has 0 bridgehead atoms. The van der Waals surface area contributed by atoms with Crippen LogP contribution < -0.4 is 4.90 Å². The third-order valence-corrected chi connectivity index (χ3v) is 5.49. The molecule has 0 spiro atoms. The molecule has 1 fully saturated rings. The Morgan fingerprint density at radius 3 is 2.43 bits per heavy atom. The quantitative estimate of drug-likeness (QED) is 0.602. The Balaban J connectivity index is 1.66. The summed E-state index contributed by atoms with van der Waals surface area (Å²) in [5.41, 5.74) is 1.48. The van der Waals surface area contributed by atoms with Crippen molar-refractivity contribution in [2.45, 2.75) is 20.3 Å². The second-order valence-electron chi connectivity index (χ2n) is 8.00. The van der Waals surface area contributed by atoms with E-state index in [1.54, 1.807) is 12.1 Å². The van der Waals surface area contributed by atoms with Crippen molar-refractivity contribution in [3.63, 3.8) is 0 Å². The zero-order valence-electron chi connectivity index (χ0n) is 17.1. The van der Waals surface area contributed by atoms with Gasteiger partial charge in [-0.1, -0.05) is 25.4 Å². The van der Waals surface area contributed by atoms with Crippen LogP contribution in [0.25, 0.3) is 22.3 Å². The highest BCUT2D eigenvalue weighted by Crippen LogP contribution is 2.30. The van der Waals surface area contributed by atoms with Crippen molar-refractivity contribution in [1.82, 2.24) is 14.9 Å². The Morgan fingerprint density at radius 1 is 1.07 bits per heavy atom. The molecule has 1 aromatic heterocycles. The average molecular weight is 427 g/mol. The normalized spacial score (nSPS) is 14.6. The number of carbonyl (C=O) groups excluding carboxylic acids is 1. The van der Waals surface area contributed by atoms with Crippen LogP contribution in [-0.4, -0.2) is 47.0 Å². The zero-order valence-corrected chi connectivity index (χ0v) is 17.9. The number of benzene rings is 2.